The lowest BCUT2D eigenvalue weighted by Gasteiger charge is -2.08. The van der Waals surface area contributed by atoms with Crippen LogP contribution < -0.4 is 5.32 Å². The van der Waals surface area contributed by atoms with Crippen LogP contribution in [0.25, 0.3) is 11.3 Å². The van der Waals surface area contributed by atoms with Gasteiger partial charge < -0.3 is 5.32 Å². The van der Waals surface area contributed by atoms with Crippen LogP contribution >= 0.6 is 34.5 Å². The Morgan fingerprint density at radius 2 is 2.25 bits per heavy atom. The molecular weight excluding hydrogens is 315 g/mol. The second-order valence-electron chi connectivity index (χ2n) is 4.13. The Morgan fingerprint density at radius 3 is 2.90 bits per heavy atom. The molecule has 2 rings (SSSR count). The molecule has 0 bridgehead atoms. The fraction of sp³-hybridized carbons (Fsp3) is 0.143. The van der Waals surface area contributed by atoms with Crippen molar-refractivity contribution in [1.29, 1.82) is 0 Å². The van der Waals surface area contributed by atoms with Crippen LogP contribution in [-0.2, 0) is 4.79 Å². The Balaban J connectivity index is 2.24. The highest BCUT2D eigenvalue weighted by Crippen LogP contribution is 2.32. The van der Waals surface area contributed by atoms with Gasteiger partial charge in [0, 0.05) is 16.0 Å². The SMILES string of the molecule is C=CC(=O)NC(C)c1nc(-c2ccc(Cl)cc2Cl)cs1. The first kappa shape index (κ1) is 15.0. The molecule has 1 aromatic carbocycles. The summed E-state index contributed by atoms with van der Waals surface area (Å²) in [7, 11) is 0. The molecule has 1 aromatic heterocycles. The maximum atomic E-state index is 11.3. The van der Waals surface area contributed by atoms with Gasteiger partial charge in [0.2, 0.25) is 5.91 Å². The zero-order valence-corrected chi connectivity index (χ0v) is 13.0. The second-order valence-corrected chi connectivity index (χ2v) is 5.86. The van der Waals surface area contributed by atoms with Gasteiger partial charge in [-0.05, 0) is 31.2 Å². The molecule has 2 aromatic rings. The summed E-state index contributed by atoms with van der Waals surface area (Å²) in [6.07, 6.45) is 1.24. The minimum Gasteiger partial charge on any atom is -0.344 e. The molecule has 0 aliphatic heterocycles. The van der Waals surface area contributed by atoms with Crippen LogP contribution in [-0.4, -0.2) is 10.9 Å². The van der Waals surface area contributed by atoms with Crippen LogP contribution in [0.5, 0.6) is 0 Å². The Hall–Kier alpha value is -1.36. The van der Waals surface area contributed by atoms with Crippen LogP contribution in [0.3, 0.4) is 0 Å². The zero-order chi connectivity index (χ0) is 14.7. The highest BCUT2D eigenvalue weighted by Gasteiger charge is 2.14. The third kappa shape index (κ3) is 3.39. The minimum absolute atomic E-state index is 0.176. The van der Waals surface area contributed by atoms with Gasteiger partial charge >= 0.3 is 0 Å². The first-order valence-corrected chi connectivity index (χ1v) is 7.48. The van der Waals surface area contributed by atoms with Crippen molar-refractivity contribution in [3.63, 3.8) is 0 Å². The number of hydrogen-bond acceptors (Lipinski definition) is 3. The van der Waals surface area contributed by atoms with E-state index in [9.17, 15) is 4.79 Å². The van der Waals surface area contributed by atoms with Crippen molar-refractivity contribution in [2.75, 3.05) is 0 Å². The fourth-order valence-electron chi connectivity index (χ4n) is 1.64. The van der Waals surface area contributed by atoms with E-state index in [0.717, 1.165) is 16.3 Å². The van der Waals surface area contributed by atoms with E-state index in [1.807, 2.05) is 18.4 Å². The summed E-state index contributed by atoms with van der Waals surface area (Å²) in [5, 5.41) is 6.62. The van der Waals surface area contributed by atoms with E-state index in [1.165, 1.54) is 17.4 Å². The molecular formula is C14H12Cl2N2OS. The molecule has 0 spiro atoms. The van der Waals surface area contributed by atoms with E-state index in [1.54, 1.807) is 12.1 Å². The number of carbonyl (C=O) groups is 1. The summed E-state index contributed by atoms with van der Waals surface area (Å²) >= 11 is 13.5. The summed E-state index contributed by atoms with van der Waals surface area (Å²) in [4.78, 5) is 15.8. The number of halogens is 2. The number of carbonyl (C=O) groups excluding carboxylic acids is 1. The van der Waals surface area contributed by atoms with Crippen molar-refractivity contribution in [1.82, 2.24) is 10.3 Å². The average molecular weight is 327 g/mol. The van der Waals surface area contributed by atoms with Gasteiger partial charge in [0.15, 0.2) is 0 Å². The Labute approximate surface area is 131 Å². The van der Waals surface area contributed by atoms with Gasteiger partial charge in [0.1, 0.15) is 5.01 Å². The zero-order valence-electron chi connectivity index (χ0n) is 10.7. The van der Waals surface area contributed by atoms with Crippen LogP contribution in [0.2, 0.25) is 10.0 Å². The number of nitrogens with one attached hydrogen (secondary N) is 1. The predicted molar refractivity (Wildman–Crippen MR) is 84.3 cm³/mol. The average Bonchev–Trinajstić information content (AvgIpc) is 2.88. The van der Waals surface area contributed by atoms with Gasteiger partial charge in [0.25, 0.3) is 0 Å². The first-order chi connectivity index (χ1) is 9.51. The minimum atomic E-state index is -0.223. The topological polar surface area (TPSA) is 42.0 Å². The Bertz CT molecular complexity index is 654. The van der Waals surface area contributed by atoms with E-state index in [4.69, 9.17) is 23.2 Å². The molecule has 1 amide bonds. The molecule has 0 saturated heterocycles. The summed E-state index contributed by atoms with van der Waals surface area (Å²) < 4.78 is 0. The number of thiazole rings is 1. The molecule has 1 atom stereocenters. The third-order valence-corrected chi connectivity index (χ3v) is 4.22. The number of amides is 1. The van der Waals surface area contributed by atoms with Gasteiger partial charge in [-0.15, -0.1) is 11.3 Å². The quantitative estimate of drug-likeness (QED) is 0.841. The predicted octanol–water partition coefficient (Wildman–Crippen LogP) is 4.48. The fourth-order valence-corrected chi connectivity index (χ4v) is 2.97. The van der Waals surface area contributed by atoms with Gasteiger partial charge in [0.05, 0.1) is 16.8 Å². The summed E-state index contributed by atoms with van der Waals surface area (Å²) in [6, 6.07) is 5.10. The standard InChI is InChI=1S/C14H12Cl2N2OS/c1-3-13(19)17-8(2)14-18-12(7-20-14)10-5-4-9(15)6-11(10)16/h3-8H,1H2,2H3,(H,17,19). The van der Waals surface area contributed by atoms with Crippen LogP contribution in [0, 0.1) is 0 Å². The Kier molecular flexibility index (Phi) is 4.81. The summed E-state index contributed by atoms with van der Waals surface area (Å²) in [6.45, 7) is 5.29. The van der Waals surface area contributed by atoms with Crippen molar-refractivity contribution in [3.05, 3.63) is 51.3 Å². The molecule has 0 saturated carbocycles. The molecule has 0 radical (unpaired) electrons. The molecule has 3 nitrogen and oxygen atoms in total. The van der Waals surface area contributed by atoms with Crippen molar-refractivity contribution in [3.8, 4) is 11.3 Å². The molecule has 0 fully saturated rings. The van der Waals surface area contributed by atoms with Crippen molar-refractivity contribution in [2.45, 2.75) is 13.0 Å². The highest BCUT2D eigenvalue weighted by atomic mass is 35.5. The molecule has 6 heteroatoms. The molecule has 0 aliphatic rings. The van der Waals surface area contributed by atoms with Gasteiger partial charge in [-0.3, -0.25) is 4.79 Å². The number of hydrogen-bond donors (Lipinski definition) is 1. The maximum absolute atomic E-state index is 11.3. The van der Waals surface area contributed by atoms with E-state index >= 15 is 0 Å². The smallest absolute Gasteiger partial charge is 0.243 e. The van der Waals surface area contributed by atoms with Gasteiger partial charge in [-0.2, -0.15) is 0 Å². The van der Waals surface area contributed by atoms with Crippen molar-refractivity contribution < 1.29 is 4.79 Å². The number of aromatic nitrogens is 1. The van der Waals surface area contributed by atoms with E-state index < -0.39 is 0 Å². The number of rotatable bonds is 4. The van der Waals surface area contributed by atoms with Crippen LogP contribution in [0.1, 0.15) is 18.0 Å². The summed E-state index contributed by atoms with van der Waals surface area (Å²) in [5.41, 5.74) is 1.59. The van der Waals surface area contributed by atoms with Crippen molar-refractivity contribution in [2.24, 2.45) is 0 Å². The largest absolute Gasteiger partial charge is 0.344 e. The first-order valence-electron chi connectivity index (χ1n) is 5.85. The normalized spacial score (nSPS) is 11.9. The van der Waals surface area contributed by atoms with E-state index in [2.05, 4.69) is 16.9 Å². The van der Waals surface area contributed by atoms with Crippen molar-refractivity contribution >= 4 is 40.4 Å². The molecule has 104 valence electrons. The molecule has 0 aliphatic carbocycles. The number of nitrogens with zero attached hydrogens (tertiary/aromatic N) is 1. The third-order valence-electron chi connectivity index (χ3n) is 2.64. The van der Waals surface area contributed by atoms with Gasteiger partial charge in [-0.25, -0.2) is 4.98 Å². The molecule has 1 unspecified atom stereocenters. The van der Waals surface area contributed by atoms with E-state index in [0.29, 0.717) is 10.0 Å². The summed E-state index contributed by atoms with van der Waals surface area (Å²) in [5.74, 6) is -0.223. The monoisotopic (exact) mass is 326 g/mol. The lowest BCUT2D eigenvalue weighted by atomic mass is 10.2. The molecule has 20 heavy (non-hydrogen) atoms. The highest BCUT2D eigenvalue weighted by molar-refractivity contribution is 7.10. The van der Waals surface area contributed by atoms with Crippen LogP contribution in [0.15, 0.2) is 36.2 Å². The molecule has 1 N–H and O–H groups in total. The second kappa shape index (κ2) is 6.39. The Morgan fingerprint density at radius 1 is 1.50 bits per heavy atom. The van der Waals surface area contributed by atoms with Gasteiger partial charge in [-0.1, -0.05) is 29.8 Å². The van der Waals surface area contributed by atoms with E-state index in [-0.39, 0.29) is 11.9 Å². The maximum Gasteiger partial charge on any atom is 0.243 e. The molecule has 1 heterocycles. The number of benzene rings is 1. The lowest BCUT2D eigenvalue weighted by molar-refractivity contribution is -0.117. The van der Waals surface area contributed by atoms with Crippen LogP contribution in [0.4, 0.5) is 0 Å². The lowest BCUT2D eigenvalue weighted by Crippen LogP contribution is -2.24.